The van der Waals surface area contributed by atoms with Crippen LogP contribution in [0.4, 0.5) is 5.13 Å². The Kier molecular flexibility index (Phi) is 5.41. The summed E-state index contributed by atoms with van der Waals surface area (Å²) in [5.41, 5.74) is 1.42. The summed E-state index contributed by atoms with van der Waals surface area (Å²) in [4.78, 5) is 28.0. The van der Waals surface area contributed by atoms with E-state index in [-0.39, 0.29) is 18.5 Å². The third kappa shape index (κ3) is 4.13. The summed E-state index contributed by atoms with van der Waals surface area (Å²) in [5.74, 6) is 0.903. The Morgan fingerprint density at radius 1 is 1.31 bits per heavy atom. The molecule has 0 unspecified atom stereocenters. The molecule has 138 valence electrons. The zero-order valence-electron chi connectivity index (χ0n) is 14.8. The Hall–Kier alpha value is -2.61. The number of carbonyl (C=O) groups is 2. The molecule has 1 fully saturated rings. The predicted octanol–water partition coefficient (Wildman–Crippen LogP) is 2.97. The number of thiazole rings is 1. The number of ether oxygens (including phenoxy) is 3. The first kappa shape index (κ1) is 18.2. The summed E-state index contributed by atoms with van der Waals surface area (Å²) in [5, 5.41) is 4.88. The lowest BCUT2D eigenvalue weighted by Gasteiger charge is -2.08. The Morgan fingerprint density at radius 2 is 2.08 bits per heavy atom. The number of nitrogens with one attached hydrogen (secondary N) is 1. The molecule has 0 spiro atoms. The summed E-state index contributed by atoms with van der Waals surface area (Å²) in [6.45, 7) is 1.68. The number of carbonyl (C=O) groups excluding carboxylic acids is 2. The van der Waals surface area contributed by atoms with Gasteiger partial charge >= 0.3 is 5.97 Å². The monoisotopic (exact) mass is 376 g/mol. The van der Waals surface area contributed by atoms with Gasteiger partial charge in [0.15, 0.2) is 11.7 Å². The Morgan fingerprint density at radius 3 is 2.73 bits per heavy atom. The van der Waals surface area contributed by atoms with Gasteiger partial charge in [0.1, 0.15) is 11.5 Å². The number of hydrogen-bond acceptors (Lipinski definition) is 7. The molecule has 8 heteroatoms. The minimum absolute atomic E-state index is 0.0604. The van der Waals surface area contributed by atoms with Gasteiger partial charge in [-0.2, -0.15) is 0 Å². The van der Waals surface area contributed by atoms with E-state index in [1.807, 2.05) is 18.4 Å². The maximum absolute atomic E-state index is 11.9. The Labute approximate surface area is 155 Å². The van der Waals surface area contributed by atoms with Crippen LogP contribution in [0.15, 0.2) is 23.6 Å². The molecule has 3 rings (SSSR count). The number of nitrogens with zero attached hydrogens (tertiary/aromatic N) is 1. The number of amides is 1. The van der Waals surface area contributed by atoms with Gasteiger partial charge in [-0.3, -0.25) is 14.9 Å². The summed E-state index contributed by atoms with van der Waals surface area (Å²) < 4.78 is 15.6. The van der Waals surface area contributed by atoms with Crippen LogP contribution in [0.2, 0.25) is 0 Å². The van der Waals surface area contributed by atoms with E-state index >= 15 is 0 Å². The second-order valence-corrected chi connectivity index (χ2v) is 6.94. The lowest BCUT2D eigenvalue weighted by atomic mass is 10.1. The van der Waals surface area contributed by atoms with Gasteiger partial charge in [-0.05, 0) is 30.5 Å². The molecule has 0 saturated heterocycles. The highest BCUT2D eigenvalue weighted by Crippen LogP contribution is 2.38. The van der Waals surface area contributed by atoms with E-state index in [2.05, 4.69) is 10.3 Å². The van der Waals surface area contributed by atoms with E-state index in [9.17, 15) is 9.59 Å². The van der Waals surface area contributed by atoms with E-state index in [0.29, 0.717) is 28.2 Å². The molecule has 1 amide bonds. The van der Waals surface area contributed by atoms with Crippen molar-refractivity contribution in [2.45, 2.75) is 13.3 Å². The van der Waals surface area contributed by atoms with Gasteiger partial charge in [0.2, 0.25) is 0 Å². The highest BCUT2D eigenvalue weighted by atomic mass is 32.1. The molecule has 1 saturated carbocycles. The first-order valence-electron chi connectivity index (χ1n) is 8.16. The van der Waals surface area contributed by atoms with Gasteiger partial charge in [-0.15, -0.1) is 11.3 Å². The largest absolute Gasteiger partial charge is 0.497 e. The van der Waals surface area contributed by atoms with Crippen molar-refractivity contribution < 1.29 is 23.8 Å². The molecule has 0 bridgehead atoms. The van der Waals surface area contributed by atoms with Crippen LogP contribution in [0.25, 0.3) is 11.3 Å². The topological polar surface area (TPSA) is 86.8 Å². The van der Waals surface area contributed by atoms with Crippen LogP contribution in [-0.4, -0.2) is 37.7 Å². The molecule has 1 aliphatic carbocycles. The summed E-state index contributed by atoms with van der Waals surface area (Å²) in [7, 11) is 3.16. The predicted molar refractivity (Wildman–Crippen MR) is 97.5 cm³/mol. The SMILES string of the molecule is COc1ccc(OC)c(-c2csc(NC(=O)COC(=O)[C@@H]3C[C@@H]3C)n2)c1. The first-order valence-corrected chi connectivity index (χ1v) is 9.04. The highest BCUT2D eigenvalue weighted by molar-refractivity contribution is 7.14. The highest BCUT2D eigenvalue weighted by Gasteiger charge is 2.40. The fourth-order valence-corrected chi connectivity index (χ4v) is 3.25. The fraction of sp³-hybridized carbons (Fsp3) is 0.389. The lowest BCUT2D eigenvalue weighted by Crippen LogP contribution is -2.21. The third-order valence-corrected chi connectivity index (χ3v) is 4.95. The van der Waals surface area contributed by atoms with E-state index in [0.717, 1.165) is 12.0 Å². The molecule has 1 aromatic heterocycles. The molecular weight excluding hydrogens is 356 g/mol. The van der Waals surface area contributed by atoms with Crippen molar-refractivity contribution in [3.05, 3.63) is 23.6 Å². The van der Waals surface area contributed by atoms with Gasteiger partial charge < -0.3 is 14.2 Å². The summed E-state index contributed by atoms with van der Waals surface area (Å²) in [6, 6.07) is 5.41. The van der Waals surface area contributed by atoms with Crippen LogP contribution in [-0.2, 0) is 14.3 Å². The number of esters is 1. The van der Waals surface area contributed by atoms with Crippen LogP contribution in [0, 0.1) is 11.8 Å². The number of anilines is 1. The van der Waals surface area contributed by atoms with Crippen molar-refractivity contribution in [2.24, 2.45) is 11.8 Å². The van der Waals surface area contributed by atoms with Crippen LogP contribution in [0.5, 0.6) is 11.5 Å². The van der Waals surface area contributed by atoms with E-state index in [1.54, 1.807) is 26.4 Å². The van der Waals surface area contributed by atoms with Gasteiger partial charge in [0.25, 0.3) is 5.91 Å². The van der Waals surface area contributed by atoms with Crippen LogP contribution in [0.3, 0.4) is 0 Å². The first-order chi connectivity index (χ1) is 12.5. The molecule has 1 aromatic carbocycles. The number of benzene rings is 1. The Balaban J connectivity index is 1.62. The summed E-state index contributed by atoms with van der Waals surface area (Å²) in [6.07, 6.45) is 0.832. The standard InChI is InChI=1S/C18H20N2O5S/c1-10-6-12(10)17(22)25-8-16(21)20-18-19-14(9-26-18)13-7-11(23-2)4-5-15(13)24-3/h4-5,7,9-10,12H,6,8H2,1-3H3,(H,19,20,21)/t10-,12+/m0/s1. The van der Waals surface area contributed by atoms with Crippen molar-refractivity contribution in [2.75, 3.05) is 26.1 Å². The second-order valence-electron chi connectivity index (χ2n) is 6.08. The van der Waals surface area contributed by atoms with E-state index in [4.69, 9.17) is 14.2 Å². The van der Waals surface area contributed by atoms with Crippen molar-refractivity contribution >= 4 is 28.3 Å². The van der Waals surface area contributed by atoms with E-state index in [1.165, 1.54) is 11.3 Å². The second kappa shape index (κ2) is 7.74. The molecule has 7 nitrogen and oxygen atoms in total. The van der Waals surface area contributed by atoms with Crippen LogP contribution in [0.1, 0.15) is 13.3 Å². The molecule has 1 heterocycles. The number of aromatic nitrogens is 1. The third-order valence-electron chi connectivity index (χ3n) is 4.19. The molecule has 0 radical (unpaired) electrons. The van der Waals surface area contributed by atoms with Gasteiger partial charge in [-0.1, -0.05) is 6.92 Å². The maximum Gasteiger partial charge on any atom is 0.309 e. The normalized spacial score (nSPS) is 18.1. The zero-order chi connectivity index (χ0) is 18.7. The minimum Gasteiger partial charge on any atom is -0.497 e. The van der Waals surface area contributed by atoms with Crippen LogP contribution >= 0.6 is 11.3 Å². The smallest absolute Gasteiger partial charge is 0.309 e. The molecule has 2 atom stereocenters. The van der Waals surface area contributed by atoms with Crippen molar-refractivity contribution in [3.63, 3.8) is 0 Å². The lowest BCUT2D eigenvalue weighted by molar-refractivity contribution is -0.148. The minimum atomic E-state index is -0.412. The average molecular weight is 376 g/mol. The maximum atomic E-state index is 11.9. The molecule has 0 aliphatic heterocycles. The van der Waals surface area contributed by atoms with Crippen molar-refractivity contribution in [1.29, 1.82) is 0 Å². The fourth-order valence-electron chi connectivity index (χ4n) is 2.52. The number of rotatable bonds is 7. The van der Waals surface area contributed by atoms with Crippen LogP contribution < -0.4 is 14.8 Å². The zero-order valence-corrected chi connectivity index (χ0v) is 15.6. The summed E-state index contributed by atoms with van der Waals surface area (Å²) >= 11 is 1.28. The van der Waals surface area contributed by atoms with Crippen molar-refractivity contribution in [1.82, 2.24) is 4.98 Å². The molecule has 1 aliphatic rings. The van der Waals surface area contributed by atoms with Crippen molar-refractivity contribution in [3.8, 4) is 22.8 Å². The van der Waals surface area contributed by atoms with Gasteiger partial charge in [0.05, 0.1) is 25.8 Å². The Bertz CT molecular complexity index is 820. The molecular formula is C18H20N2O5S. The number of hydrogen-bond donors (Lipinski definition) is 1. The molecule has 1 N–H and O–H groups in total. The average Bonchev–Trinajstić information content (AvgIpc) is 3.20. The van der Waals surface area contributed by atoms with Gasteiger partial charge in [0, 0.05) is 10.9 Å². The molecule has 2 aromatic rings. The van der Waals surface area contributed by atoms with Gasteiger partial charge in [-0.25, -0.2) is 4.98 Å². The quantitative estimate of drug-likeness (QED) is 0.748. The molecule has 26 heavy (non-hydrogen) atoms. The van der Waals surface area contributed by atoms with E-state index < -0.39 is 5.91 Å². The number of methoxy groups -OCH3 is 2.